The molecule has 0 bridgehead atoms. The molecule has 1 N–H and O–H groups in total. The second-order valence-corrected chi connectivity index (χ2v) is 5.79. The highest BCUT2D eigenvalue weighted by molar-refractivity contribution is 6.23. The molecule has 1 aliphatic carbocycles. The van der Waals surface area contributed by atoms with Gasteiger partial charge in [0, 0.05) is 12.7 Å². The third-order valence-electron chi connectivity index (χ3n) is 4.89. The van der Waals surface area contributed by atoms with Gasteiger partial charge >= 0.3 is 0 Å². The molecule has 2 heterocycles. The van der Waals surface area contributed by atoms with E-state index in [1.54, 1.807) is 0 Å². The topological polar surface area (TPSA) is 66.5 Å². The number of anilines is 1. The van der Waals surface area contributed by atoms with Gasteiger partial charge in [-0.3, -0.25) is 19.3 Å². The Balaban J connectivity index is 2.09. The summed E-state index contributed by atoms with van der Waals surface area (Å²) in [4.78, 5) is 38.5. The lowest BCUT2D eigenvalue weighted by molar-refractivity contribution is -0.139. The summed E-state index contributed by atoms with van der Waals surface area (Å²) in [5.74, 6) is -1.85. The van der Waals surface area contributed by atoms with Crippen LogP contribution in [-0.4, -0.2) is 29.7 Å². The van der Waals surface area contributed by atoms with E-state index >= 15 is 0 Å². The highest BCUT2D eigenvalue weighted by atomic mass is 16.2. The maximum Gasteiger partial charge on any atom is 0.242 e. The SMILES string of the molecule is CN1C(=O)C2C(=O)Nc3cccc4c3C2(CCC4)C1=O. The second-order valence-electron chi connectivity index (χ2n) is 5.79. The Kier molecular flexibility index (Phi) is 2.02. The number of aryl methyl sites for hydroxylation is 1. The van der Waals surface area contributed by atoms with Crippen molar-refractivity contribution in [2.75, 3.05) is 12.4 Å². The minimum absolute atomic E-state index is 0.226. The summed E-state index contributed by atoms with van der Waals surface area (Å²) < 4.78 is 0. The normalized spacial score (nSPS) is 30.9. The molecule has 3 amide bonds. The van der Waals surface area contributed by atoms with Crippen LogP contribution in [0, 0.1) is 5.92 Å². The number of imide groups is 1. The zero-order chi connectivity index (χ0) is 14.1. The van der Waals surface area contributed by atoms with E-state index in [0.29, 0.717) is 12.1 Å². The highest BCUT2D eigenvalue weighted by Crippen LogP contribution is 2.53. The molecule has 1 spiro atoms. The summed E-state index contributed by atoms with van der Waals surface area (Å²) in [5, 5.41) is 2.80. The number of carbonyl (C=O) groups is 3. The largest absolute Gasteiger partial charge is 0.325 e. The van der Waals surface area contributed by atoms with Crippen molar-refractivity contribution in [1.29, 1.82) is 0 Å². The molecule has 0 saturated carbocycles. The number of carbonyl (C=O) groups excluding carboxylic acids is 3. The van der Waals surface area contributed by atoms with Crippen LogP contribution >= 0.6 is 0 Å². The molecule has 1 saturated heterocycles. The van der Waals surface area contributed by atoms with Crippen LogP contribution in [-0.2, 0) is 26.2 Å². The number of likely N-dealkylation sites (tertiary alicyclic amines) is 1. The van der Waals surface area contributed by atoms with Gasteiger partial charge in [0.15, 0.2) is 0 Å². The fourth-order valence-corrected chi connectivity index (χ4v) is 4.09. The molecule has 2 aliphatic heterocycles. The third kappa shape index (κ3) is 1.08. The Labute approximate surface area is 115 Å². The van der Waals surface area contributed by atoms with Crippen LogP contribution in [0.25, 0.3) is 0 Å². The van der Waals surface area contributed by atoms with Crippen molar-refractivity contribution in [3.63, 3.8) is 0 Å². The van der Waals surface area contributed by atoms with E-state index in [0.717, 1.165) is 28.9 Å². The Morgan fingerprint density at radius 3 is 2.90 bits per heavy atom. The van der Waals surface area contributed by atoms with Gasteiger partial charge in [0.05, 0.1) is 5.41 Å². The molecule has 1 fully saturated rings. The molecule has 102 valence electrons. The lowest BCUT2D eigenvalue weighted by Gasteiger charge is -2.41. The minimum Gasteiger partial charge on any atom is -0.325 e. The number of hydrogen-bond acceptors (Lipinski definition) is 3. The summed E-state index contributed by atoms with van der Waals surface area (Å²) in [6.45, 7) is 0. The molecule has 0 aromatic heterocycles. The first kappa shape index (κ1) is 11.6. The van der Waals surface area contributed by atoms with Crippen LogP contribution in [0.1, 0.15) is 24.0 Å². The number of rotatable bonds is 0. The molecule has 1 aromatic carbocycles. The minimum atomic E-state index is -0.960. The first-order chi connectivity index (χ1) is 9.57. The summed E-state index contributed by atoms with van der Waals surface area (Å²) >= 11 is 0. The van der Waals surface area contributed by atoms with E-state index < -0.39 is 11.3 Å². The first-order valence-corrected chi connectivity index (χ1v) is 6.82. The van der Waals surface area contributed by atoms with Crippen molar-refractivity contribution in [2.24, 2.45) is 5.92 Å². The number of nitrogens with one attached hydrogen (secondary N) is 1. The maximum absolute atomic E-state index is 12.7. The van der Waals surface area contributed by atoms with Crippen LogP contribution in [0.2, 0.25) is 0 Å². The summed E-state index contributed by atoms with van der Waals surface area (Å²) in [5.41, 5.74) is 1.69. The van der Waals surface area contributed by atoms with Crippen molar-refractivity contribution in [3.8, 4) is 0 Å². The van der Waals surface area contributed by atoms with Crippen molar-refractivity contribution in [1.82, 2.24) is 4.90 Å². The van der Waals surface area contributed by atoms with Crippen LogP contribution < -0.4 is 5.32 Å². The average molecular weight is 270 g/mol. The number of nitrogens with zero attached hydrogens (tertiary/aromatic N) is 1. The van der Waals surface area contributed by atoms with Crippen molar-refractivity contribution in [2.45, 2.75) is 24.7 Å². The molecule has 20 heavy (non-hydrogen) atoms. The van der Waals surface area contributed by atoms with E-state index in [1.807, 2.05) is 18.2 Å². The highest BCUT2D eigenvalue weighted by Gasteiger charge is 2.65. The van der Waals surface area contributed by atoms with Crippen LogP contribution in [0.4, 0.5) is 5.69 Å². The smallest absolute Gasteiger partial charge is 0.242 e. The maximum atomic E-state index is 12.7. The predicted molar refractivity (Wildman–Crippen MR) is 71.0 cm³/mol. The molecular weight excluding hydrogens is 256 g/mol. The Bertz CT molecular complexity index is 682. The summed E-state index contributed by atoms with van der Waals surface area (Å²) in [6, 6.07) is 5.69. The van der Waals surface area contributed by atoms with Gasteiger partial charge in [0.2, 0.25) is 17.7 Å². The van der Waals surface area contributed by atoms with E-state index in [9.17, 15) is 14.4 Å². The first-order valence-electron chi connectivity index (χ1n) is 6.82. The monoisotopic (exact) mass is 270 g/mol. The number of likely N-dealkylation sites (N-methyl/N-ethyl adjacent to an activating group) is 1. The summed E-state index contributed by atoms with van der Waals surface area (Å²) in [7, 11) is 1.47. The van der Waals surface area contributed by atoms with Crippen LogP contribution in [0.15, 0.2) is 18.2 Å². The number of amides is 3. The fraction of sp³-hybridized carbons (Fsp3) is 0.400. The lowest BCUT2D eigenvalue weighted by atomic mass is 9.61. The van der Waals surface area contributed by atoms with Gasteiger partial charge in [-0.05, 0) is 36.5 Å². The molecule has 3 aliphatic rings. The third-order valence-corrected chi connectivity index (χ3v) is 4.89. The average Bonchev–Trinajstić information content (AvgIpc) is 2.62. The fourth-order valence-electron chi connectivity index (χ4n) is 4.09. The molecular formula is C15H14N2O3. The Morgan fingerprint density at radius 2 is 2.10 bits per heavy atom. The lowest BCUT2D eigenvalue weighted by Crippen LogP contribution is -2.51. The van der Waals surface area contributed by atoms with Gasteiger partial charge in [-0.1, -0.05) is 12.1 Å². The van der Waals surface area contributed by atoms with Gasteiger partial charge in [-0.15, -0.1) is 0 Å². The standard InChI is InChI=1S/C15H14N2O3/c1-17-13(19)11-12(18)16-9-6-2-4-8-5-3-7-15(11,10(8)9)14(17)20/h2,4,6,11H,3,5,7H2,1H3,(H,16,18). The molecule has 2 unspecified atom stereocenters. The van der Waals surface area contributed by atoms with Crippen LogP contribution in [0.5, 0.6) is 0 Å². The number of benzene rings is 1. The molecule has 2 atom stereocenters. The molecule has 1 aromatic rings. The van der Waals surface area contributed by atoms with Gasteiger partial charge in [-0.2, -0.15) is 0 Å². The molecule has 4 rings (SSSR count). The Morgan fingerprint density at radius 1 is 1.30 bits per heavy atom. The van der Waals surface area contributed by atoms with Crippen molar-refractivity contribution >= 4 is 23.4 Å². The van der Waals surface area contributed by atoms with E-state index in [1.165, 1.54) is 7.05 Å². The Hall–Kier alpha value is -2.17. The molecule has 0 radical (unpaired) electrons. The quantitative estimate of drug-likeness (QED) is 0.561. The van der Waals surface area contributed by atoms with Crippen molar-refractivity contribution in [3.05, 3.63) is 29.3 Å². The van der Waals surface area contributed by atoms with E-state index in [-0.39, 0.29) is 17.7 Å². The van der Waals surface area contributed by atoms with Crippen LogP contribution in [0.3, 0.4) is 0 Å². The molecule has 5 heteroatoms. The zero-order valence-corrected chi connectivity index (χ0v) is 11.1. The zero-order valence-electron chi connectivity index (χ0n) is 11.1. The van der Waals surface area contributed by atoms with Gasteiger partial charge in [0.25, 0.3) is 0 Å². The van der Waals surface area contributed by atoms with E-state index in [2.05, 4.69) is 5.32 Å². The van der Waals surface area contributed by atoms with Gasteiger partial charge in [0.1, 0.15) is 5.92 Å². The molecule has 5 nitrogen and oxygen atoms in total. The predicted octanol–water partition coefficient (Wildman–Crippen LogP) is 0.828. The summed E-state index contributed by atoms with van der Waals surface area (Å²) in [6.07, 6.45) is 2.29. The van der Waals surface area contributed by atoms with E-state index in [4.69, 9.17) is 0 Å². The van der Waals surface area contributed by atoms with Gasteiger partial charge < -0.3 is 5.32 Å². The van der Waals surface area contributed by atoms with Gasteiger partial charge in [-0.25, -0.2) is 0 Å². The van der Waals surface area contributed by atoms with Crippen molar-refractivity contribution < 1.29 is 14.4 Å². The number of hydrogen-bond donors (Lipinski definition) is 1. The second kappa shape index (κ2) is 3.48.